The summed E-state index contributed by atoms with van der Waals surface area (Å²) in [5.74, 6) is 0.499. The Morgan fingerprint density at radius 3 is 2.46 bits per heavy atom. The minimum atomic E-state index is -0.423. The van der Waals surface area contributed by atoms with Gasteiger partial charge < -0.3 is 9.42 Å². The fraction of sp³-hybridized carbons (Fsp3) is 0.227. The number of anilines is 2. The molecule has 2 heterocycles. The first kappa shape index (κ1) is 18.0. The SMILES string of the molecule is Cc1cc(N2CC(C(=O)N(Cc3ccccc3)c3ccccc3)CC2=O)no1. The number of nitrogens with zero attached hydrogens (tertiary/aromatic N) is 3. The maximum absolute atomic E-state index is 13.4. The Balaban J connectivity index is 1.58. The predicted molar refractivity (Wildman–Crippen MR) is 106 cm³/mol. The molecule has 6 heteroatoms. The third-order valence-electron chi connectivity index (χ3n) is 4.88. The van der Waals surface area contributed by atoms with Crippen molar-refractivity contribution in [1.29, 1.82) is 0 Å². The second kappa shape index (κ2) is 7.68. The van der Waals surface area contributed by atoms with Crippen LogP contribution in [0.1, 0.15) is 17.7 Å². The third-order valence-corrected chi connectivity index (χ3v) is 4.88. The van der Waals surface area contributed by atoms with Gasteiger partial charge in [-0.25, -0.2) is 0 Å². The van der Waals surface area contributed by atoms with Gasteiger partial charge in [0.25, 0.3) is 0 Å². The van der Waals surface area contributed by atoms with Crippen molar-refractivity contribution in [2.45, 2.75) is 19.9 Å². The number of amides is 2. The van der Waals surface area contributed by atoms with Gasteiger partial charge >= 0.3 is 0 Å². The zero-order chi connectivity index (χ0) is 19.5. The first-order chi connectivity index (χ1) is 13.6. The van der Waals surface area contributed by atoms with E-state index in [1.165, 1.54) is 4.90 Å². The molecule has 2 amide bonds. The lowest BCUT2D eigenvalue weighted by Gasteiger charge is -2.26. The van der Waals surface area contributed by atoms with Crippen LogP contribution in [0.25, 0.3) is 0 Å². The summed E-state index contributed by atoms with van der Waals surface area (Å²) in [5.41, 5.74) is 1.85. The lowest BCUT2D eigenvalue weighted by molar-refractivity contribution is -0.124. The molecule has 0 bridgehead atoms. The van der Waals surface area contributed by atoms with Crippen molar-refractivity contribution in [3.05, 3.63) is 78.1 Å². The number of hydrogen-bond donors (Lipinski definition) is 0. The Bertz CT molecular complexity index is 969. The standard InChI is InChI=1S/C22H21N3O3/c1-16-12-20(23-28-16)25-15-18(13-21(25)26)22(27)24(19-10-6-3-7-11-19)14-17-8-4-2-5-9-17/h2-12,18H,13-15H2,1H3. The van der Waals surface area contributed by atoms with Crippen molar-refractivity contribution in [2.75, 3.05) is 16.3 Å². The lowest BCUT2D eigenvalue weighted by Crippen LogP contribution is -2.37. The predicted octanol–water partition coefficient (Wildman–Crippen LogP) is 3.57. The van der Waals surface area contributed by atoms with Gasteiger partial charge in [-0.2, -0.15) is 0 Å². The van der Waals surface area contributed by atoms with E-state index in [0.717, 1.165) is 11.3 Å². The van der Waals surface area contributed by atoms with Crippen LogP contribution in [0.3, 0.4) is 0 Å². The molecule has 0 radical (unpaired) electrons. The van der Waals surface area contributed by atoms with Crippen LogP contribution in [0, 0.1) is 12.8 Å². The Labute approximate surface area is 163 Å². The molecule has 1 fully saturated rings. The van der Waals surface area contributed by atoms with Crippen LogP contribution in [0.2, 0.25) is 0 Å². The number of hydrogen-bond acceptors (Lipinski definition) is 4. The molecular formula is C22H21N3O3. The summed E-state index contributed by atoms with van der Waals surface area (Å²) < 4.78 is 5.08. The maximum atomic E-state index is 13.4. The summed E-state index contributed by atoms with van der Waals surface area (Å²) in [6.07, 6.45) is 0.170. The zero-order valence-corrected chi connectivity index (χ0v) is 15.6. The molecule has 6 nitrogen and oxygen atoms in total. The van der Waals surface area contributed by atoms with Crippen LogP contribution >= 0.6 is 0 Å². The molecule has 1 aromatic heterocycles. The van der Waals surface area contributed by atoms with Crippen molar-refractivity contribution < 1.29 is 14.1 Å². The largest absolute Gasteiger partial charge is 0.360 e. The van der Waals surface area contributed by atoms with Gasteiger partial charge in [0.15, 0.2) is 5.82 Å². The van der Waals surface area contributed by atoms with Gasteiger partial charge in [-0.1, -0.05) is 53.7 Å². The van der Waals surface area contributed by atoms with Crippen LogP contribution in [0.15, 0.2) is 71.3 Å². The van der Waals surface area contributed by atoms with Crippen LogP contribution < -0.4 is 9.80 Å². The molecule has 2 aromatic carbocycles. The first-order valence-electron chi connectivity index (χ1n) is 9.26. The van der Waals surface area contributed by atoms with Gasteiger partial charge in [0, 0.05) is 24.7 Å². The number of benzene rings is 2. The van der Waals surface area contributed by atoms with E-state index >= 15 is 0 Å². The van der Waals surface area contributed by atoms with Crippen molar-refractivity contribution in [2.24, 2.45) is 5.92 Å². The first-order valence-corrected chi connectivity index (χ1v) is 9.26. The molecule has 0 saturated carbocycles. The molecule has 0 spiro atoms. The topological polar surface area (TPSA) is 66.7 Å². The molecule has 1 aliphatic rings. The molecule has 4 rings (SSSR count). The lowest BCUT2D eigenvalue weighted by atomic mass is 10.1. The summed E-state index contributed by atoms with van der Waals surface area (Å²) in [6, 6.07) is 21.1. The van der Waals surface area contributed by atoms with Crippen LogP contribution in [-0.2, 0) is 16.1 Å². The summed E-state index contributed by atoms with van der Waals surface area (Å²) in [4.78, 5) is 29.2. The average molecular weight is 375 g/mol. The van der Waals surface area contributed by atoms with Gasteiger partial charge in [0.05, 0.1) is 12.5 Å². The summed E-state index contributed by atoms with van der Waals surface area (Å²) in [6.45, 7) is 2.54. The smallest absolute Gasteiger partial charge is 0.232 e. The molecule has 1 atom stereocenters. The molecule has 1 saturated heterocycles. The number of aromatic nitrogens is 1. The highest BCUT2D eigenvalue weighted by atomic mass is 16.5. The zero-order valence-electron chi connectivity index (χ0n) is 15.6. The van der Waals surface area contributed by atoms with E-state index in [9.17, 15) is 9.59 Å². The highest BCUT2D eigenvalue weighted by Gasteiger charge is 2.38. The van der Waals surface area contributed by atoms with Crippen molar-refractivity contribution >= 4 is 23.3 Å². The van der Waals surface area contributed by atoms with E-state index in [4.69, 9.17) is 4.52 Å². The summed E-state index contributed by atoms with van der Waals surface area (Å²) in [5, 5.41) is 3.92. The van der Waals surface area contributed by atoms with Crippen LogP contribution in [-0.4, -0.2) is 23.5 Å². The Morgan fingerprint density at radius 2 is 1.82 bits per heavy atom. The fourth-order valence-electron chi connectivity index (χ4n) is 3.47. The van der Waals surface area contributed by atoms with Crippen LogP contribution in [0.5, 0.6) is 0 Å². The van der Waals surface area contributed by atoms with E-state index in [1.54, 1.807) is 17.9 Å². The fourth-order valence-corrected chi connectivity index (χ4v) is 3.47. The van der Waals surface area contributed by atoms with E-state index < -0.39 is 5.92 Å². The summed E-state index contributed by atoms with van der Waals surface area (Å²) >= 11 is 0. The molecule has 1 unspecified atom stereocenters. The molecule has 0 N–H and O–H groups in total. The monoisotopic (exact) mass is 375 g/mol. The number of aryl methyl sites for hydroxylation is 1. The van der Waals surface area contributed by atoms with Gasteiger partial charge in [0.2, 0.25) is 11.8 Å². The highest BCUT2D eigenvalue weighted by molar-refractivity contribution is 6.04. The number of carbonyl (C=O) groups is 2. The molecule has 3 aromatic rings. The molecule has 28 heavy (non-hydrogen) atoms. The average Bonchev–Trinajstić information content (AvgIpc) is 3.32. The van der Waals surface area contributed by atoms with E-state index in [2.05, 4.69) is 5.16 Å². The molecule has 142 valence electrons. The highest BCUT2D eigenvalue weighted by Crippen LogP contribution is 2.28. The third kappa shape index (κ3) is 3.67. The minimum absolute atomic E-state index is 0.0638. The van der Waals surface area contributed by atoms with Crippen molar-refractivity contribution in [3.8, 4) is 0 Å². The minimum Gasteiger partial charge on any atom is -0.360 e. The van der Waals surface area contributed by atoms with E-state index in [1.807, 2.05) is 60.7 Å². The van der Waals surface area contributed by atoms with Crippen LogP contribution in [0.4, 0.5) is 11.5 Å². The molecule has 0 aliphatic carbocycles. The maximum Gasteiger partial charge on any atom is 0.232 e. The van der Waals surface area contributed by atoms with Crippen molar-refractivity contribution in [1.82, 2.24) is 5.16 Å². The molecular weight excluding hydrogens is 354 g/mol. The molecule has 1 aliphatic heterocycles. The van der Waals surface area contributed by atoms with E-state index in [-0.39, 0.29) is 18.2 Å². The number of para-hydroxylation sites is 1. The quantitative estimate of drug-likeness (QED) is 0.684. The summed E-state index contributed by atoms with van der Waals surface area (Å²) in [7, 11) is 0. The second-order valence-electron chi connectivity index (χ2n) is 6.95. The Morgan fingerprint density at radius 1 is 1.14 bits per heavy atom. The van der Waals surface area contributed by atoms with Crippen molar-refractivity contribution in [3.63, 3.8) is 0 Å². The number of carbonyl (C=O) groups excluding carboxylic acids is 2. The van der Waals surface area contributed by atoms with Gasteiger partial charge in [-0.05, 0) is 24.6 Å². The van der Waals surface area contributed by atoms with Gasteiger partial charge in [-0.15, -0.1) is 0 Å². The normalized spacial score (nSPS) is 16.4. The van der Waals surface area contributed by atoms with Gasteiger partial charge in [0.1, 0.15) is 5.76 Å². The Hall–Kier alpha value is -3.41. The number of rotatable bonds is 5. The Kier molecular flexibility index (Phi) is 4.93. The second-order valence-corrected chi connectivity index (χ2v) is 6.95. The van der Waals surface area contributed by atoms with E-state index in [0.29, 0.717) is 24.7 Å². The van der Waals surface area contributed by atoms with Gasteiger partial charge in [-0.3, -0.25) is 14.5 Å².